The van der Waals surface area contributed by atoms with E-state index in [1.165, 1.54) is 0 Å². The molecule has 1 saturated heterocycles. The van der Waals surface area contributed by atoms with Gasteiger partial charge in [-0.3, -0.25) is 9.69 Å². The molecule has 2 aromatic rings. The molecule has 2 aromatic carbocycles. The van der Waals surface area contributed by atoms with Gasteiger partial charge >= 0.3 is 6.09 Å². The lowest BCUT2D eigenvalue weighted by molar-refractivity contribution is -0.139. The highest BCUT2D eigenvalue weighted by Gasteiger charge is 2.52. The summed E-state index contributed by atoms with van der Waals surface area (Å²) in [6.07, 6.45) is 3.64. The van der Waals surface area contributed by atoms with E-state index in [0.717, 1.165) is 11.3 Å². The summed E-state index contributed by atoms with van der Waals surface area (Å²) in [6, 6.07) is 14.7. The number of aliphatic hydroxyl groups is 2. The van der Waals surface area contributed by atoms with Crippen molar-refractivity contribution in [2.75, 3.05) is 29.6 Å². The lowest BCUT2D eigenvalue weighted by Gasteiger charge is -2.27. The van der Waals surface area contributed by atoms with Crippen LogP contribution in [0.1, 0.15) is 24.5 Å². The van der Waals surface area contributed by atoms with Gasteiger partial charge in [-0.1, -0.05) is 49.4 Å². The van der Waals surface area contributed by atoms with Crippen molar-refractivity contribution < 1.29 is 24.5 Å². The van der Waals surface area contributed by atoms with Gasteiger partial charge in [-0.25, -0.2) is 4.79 Å². The summed E-state index contributed by atoms with van der Waals surface area (Å²) in [5.41, 5.74) is 1.12. The monoisotopic (exact) mass is 422 g/mol. The van der Waals surface area contributed by atoms with Crippen molar-refractivity contribution in [2.24, 2.45) is 5.92 Å². The number of para-hydroxylation sites is 1. The molecule has 7 nitrogen and oxygen atoms in total. The number of hydrogen-bond acceptors (Lipinski definition) is 5. The number of carbonyl (C=O) groups is 2. The summed E-state index contributed by atoms with van der Waals surface area (Å²) in [5.74, 6) is -0.857. The first kappa shape index (κ1) is 21.1. The molecule has 0 radical (unpaired) electrons. The van der Waals surface area contributed by atoms with E-state index in [-0.39, 0.29) is 25.2 Å². The van der Waals surface area contributed by atoms with Gasteiger partial charge < -0.3 is 19.8 Å². The zero-order valence-corrected chi connectivity index (χ0v) is 17.4. The second-order valence-electron chi connectivity index (χ2n) is 7.84. The molecule has 0 saturated carbocycles. The number of hydrogen-bond donors (Lipinski definition) is 2. The van der Waals surface area contributed by atoms with Crippen LogP contribution >= 0.6 is 0 Å². The minimum absolute atomic E-state index is 0.0131. The quantitative estimate of drug-likeness (QED) is 0.670. The Hall–Kier alpha value is -3.16. The number of ether oxygens (including phenoxy) is 1. The van der Waals surface area contributed by atoms with Crippen molar-refractivity contribution in [3.05, 3.63) is 71.8 Å². The average Bonchev–Trinajstić information content (AvgIpc) is 3.30. The number of nitrogens with zero attached hydrogens (tertiary/aromatic N) is 2. The fourth-order valence-electron chi connectivity index (χ4n) is 4.21. The van der Waals surface area contributed by atoms with Gasteiger partial charge in [-0.2, -0.15) is 0 Å². The Bertz CT molecular complexity index is 1020. The van der Waals surface area contributed by atoms with E-state index in [9.17, 15) is 14.7 Å². The summed E-state index contributed by atoms with van der Waals surface area (Å²) in [5, 5.41) is 20.5. The SMILES string of the molecule is C[C@@H](/C=C/CCO)[C@]1(O)C(=O)N(Cc2cccc(N3CCOC3=O)c2)c2ccccc21. The van der Waals surface area contributed by atoms with Crippen LogP contribution < -0.4 is 9.80 Å². The van der Waals surface area contributed by atoms with Crippen LogP contribution in [0.4, 0.5) is 16.2 Å². The molecular formula is C24H26N2O5. The second-order valence-corrected chi connectivity index (χ2v) is 7.84. The van der Waals surface area contributed by atoms with Gasteiger partial charge in [0.05, 0.1) is 18.8 Å². The van der Waals surface area contributed by atoms with Crippen molar-refractivity contribution >= 4 is 23.4 Å². The highest BCUT2D eigenvalue weighted by Crippen LogP contribution is 2.45. The maximum atomic E-state index is 13.5. The molecule has 0 bridgehead atoms. The van der Waals surface area contributed by atoms with E-state index in [4.69, 9.17) is 9.84 Å². The van der Waals surface area contributed by atoms with Crippen LogP contribution in [0.3, 0.4) is 0 Å². The van der Waals surface area contributed by atoms with Crippen molar-refractivity contribution in [2.45, 2.75) is 25.5 Å². The molecule has 0 unspecified atom stereocenters. The van der Waals surface area contributed by atoms with E-state index in [0.29, 0.717) is 30.8 Å². The van der Waals surface area contributed by atoms with Crippen LogP contribution in [0.25, 0.3) is 0 Å². The van der Waals surface area contributed by atoms with Crippen LogP contribution in [0.5, 0.6) is 0 Å². The zero-order chi connectivity index (χ0) is 22.0. The minimum Gasteiger partial charge on any atom is -0.447 e. The van der Waals surface area contributed by atoms with Crippen LogP contribution in [-0.4, -0.2) is 42.0 Å². The Balaban J connectivity index is 1.64. The number of benzene rings is 2. The second kappa shape index (κ2) is 8.53. The van der Waals surface area contributed by atoms with Gasteiger partial charge in [-0.15, -0.1) is 0 Å². The third-order valence-corrected chi connectivity index (χ3v) is 5.88. The summed E-state index contributed by atoms with van der Waals surface area (Å²) < 4.78 is 5.02. The smallest absolute Gasteiger partial charge is 0.414 e. The summed E-state index contributed by atoms with van der Waals surface area (Å²) in [4.78, 5) is 28.5. The Labute approximate surface area is 181 Å². The number of amides is 2. The molecule has 2 amide bonds. The minimum atomic E-state index is -1.68. The Morgan fingerprint density at radius 3 is 2.74 bits per heavy atom. The number of fused-ring (bicyclic) bond motifs is 1. The normalized spacial score (nSPS) is 21.6. The largest absolute Gasteiger partial charge is 0.447 e. The van der Waals surface area contributed by atoms with E-state index in [1.54, 1.807) is 34.9 Å². The maximum absolute atomic E-state index is 13.5. The molecule has 2 heterocycles. The van der Waals surface area contributed by atoms with Crippen molar-refractivity contribution in [3.63, 3.8) is 0 Å². The highest BCUT2D eigenvalue weighted by atomic mass is 16.6. The fourth-order valence-corrected chi connectivity index (χ4v) is 4.21. The third-order valence-electron chi connectivity index (χ3n) is 5.88. The van der Waals surface area contributed by atoms with Crippen LogP contribution in [0.2, 0.25) is 0 Å². The zero-order valence-electron chi connectivity index (χ0n) is 17.4. The van der Waals surface area contributed by atoms with Crippen molar-refractivity contribution in [1.29, 1.82) is 0 Å². The maximum Gasteiger partial charge on any atom is 0.414 e. The molecule has 2 atom stereocenters. The first-order valence-corrected chi connectivity index (χ1v) is 10.4. The number of aliphatic hydroxyl groups excluding tert-OH is 1. The average molecular weight is 422 g/mol. The van der Waals surface area contributed by atoms with Crippen molar-refractivity contribution in [1.82, 2.24) is 0 Å². The molecule has 0 aromatic heterocycles. The fraction of sp³-hybridized carbons (Fsp3) is 0.333. The number of anilines is 2. The number of rotatable bonds is 7. The molecule has 2 aliphatic heterocycles. The summed E-state index contributed by atoms with van der Waals surface area (Å²) >= 11 is 0. The topological polar surface area (TPSA) is 90.3 Å². The molecule has 0 spiro atoms. The van der Waals surface area contributed by atoms with E-state index in [2.05, 4.69) is 0 Å². The lowest BCUT2D eigenvalue weighted by atomic mass is 9.83. The Morgan fingerprint density at radius 2 is 2.00 bits per heavy atom. The van der Waals surface area contributed by atoms with Gasteiger partial charge in [0, 0.05) is 23.8 Å². The van der Waals surface area contributed by atoms with Gasteiger partial charge in [0.2, 0.25) is 0 Å². The summed E-state index contributed by atoms with van der Waals surface area (Å²) in [7, 11) is 0. The predicted octanol–water partition coefficient (Wildman–Crippen LogP) is 2.95. The van der Waals surface area contributed by atoms with Gasteiger partial charge in [-0.05, 0) is 30.2 Å². The van der Waals surface area contributed by atoms with Crippen LogP contribution in [0, 0.1) is 5.92 Å². The van der Waals surface area contributed by atoms with Crippen LogP contribution in [-0.2, 0) is 21.7 Å². The van der Waals surface area contributed by atoms with E-state index >= 15 is 0 Å². The summed E-state index contributed by atoms with van der Waals surface area (Å²) in [6.45, 7) is 2.92. The lowest BCUT2D eigenvalue weighted by Crippen LogP contribution is -2.44. The molecule has 2 N–H and O–H groups in total. The molecule has 7 heteroatoms. The van der Waals surface area contributed by atoms with Crippen molar-refractivity contribution in [3.8, 4) is 0 Å². The van der Waals surface area contributed by atoms with Crippen LogP contribution in [0.15, 0.2) is 60.7 Å². The first-order chi connectivity index (χ1) is 15.0. The third kappa shape index (κ3) is 3.71. The van der Waals surface area contributed by atoms with Gasteiger partial charge in [0.25, 0.3) is 5.91 Å². The Morgan fingerprint density at radius 1 is 1.19 bits per heavy atom. The first-order valence-electron chi connectivity index (χ1n) is 10.4. The van der Waals surface area contributed by atoms with Gasteiger partial charge in [0.1, 0.15) is 6.61 Å². The molecule has 1 fully saturated rings. The number of cyclic esters (lactones) is 1. The van der Waals surface area contributed by atoms with E-state index < -0.39 is 11.5 Å². The molecule has 2 aliphatic rings. The Kier molecular flexibility index (Phi) is 5.80. The molecule has 162 valence electrons. The molecule has 0 aliphatic carbocycles. The highest BCUT2D eigenvalue weighted by molar-refractivity contribution is 6.07. The molecular weight excluding hydrogens is 396 g/mol. The molecule has 31 heavy (non-hydrogen) atoms. The number of carbonyl (C=O) groups excluding carboxylic acids is 2. The van der Waals surface area contributed by atoms with E-state index in [1.807, 2.05) is 42.5 Å². The van der Waals surface area contributed by atoms with Gasteiger partial charge in [0.15, 0.2) is 5.60 Å². The predicted molar refractivity (Wildman–Crippen MR) is 117 cm³/mol. The molecule has 4 rings (SSSR count). The standard InChI is InChI=1S/C24H26N2O5/c1-17(7-4-5-13-27)24(30)20-10-2-3-11-21(20)26(22(24)28)16-18-8-6-9-19(15-18)25-12-14-31-23(25)29/h2-4,6-11,15,17,27,30H,5,12-14,16H2,1H3/b7-4+/t17-,24+/m0/s1.